The van der Waals surface area contributed by atoms with Gasteiger partial charge in [0.1, 0.15) is 24.0 Å². The number of carbonyl (C=O) groups excluding carboxylic acids is 1. The Labute approximate surface area is 228 Å². The van der Waals surface area contributed by atoms with E-state index in [-0.39, 0.29) is 11.4 Å². The summed E-state index contributed by atoms with van der Waals surface area (Å²) in [7, 11) is 0. The summed E-state index contributed by atoms with van der Waals surface area (Å²) < 4.78 is 18.4. The van der Waals surface area contributed by atoms with E-state index in [9.17, 15) is 4.79 Å². The number of allylic oxidation sites excluding steroid dienone is 1. The number of aliphatic imine (C=N–C) groups is 1. The Morgan fingerprint density at radius 2 is 1.92 bits per heavy atom. The number of amides is 1. The lowest BCUT2D eigenvalue weighted by Crippen LogP contribution is -2.35. The van der Waals surface area contributed by atoms with E-state index in [2.05, 4.69) is 32.6 Å². The van der Waals surface area contributed by atoms with Gasteiger partial charge in [-0.1, -0.05) is 31.2 Å². The first-order valence-electron chi connectivity index (χ1n) is 11.8. The first kappa shape index (κ1) is 26.7. The monoisotopic (exact) mass is 582 g/mol. The number of rotatable bonds is 11. The fourth-order valence-corrected chi connectivity index (χ4v) is 5.08. The molecule has 0 fully saturated rings. The molecule has 0 saturated heterocycles. The van der Waals surface area contributed by atoms with Crippen molar-refractivity contribution in [2.24, 2.45) is 10.1 Å². The van der Waals surface area contributed by atoms with Gasteiger partial charge in [0.05, 0.1) is 16.7 Å². The molecule has 1 amide bonds. The van der Waals surface area contributed by atoms with E-state index in [4.69, 9.17) is 19.6 Å². The van der Waals surface area contributed by atoms with Gasteiger partial charge in [-0.25, -0.2) is 0 Å². The van der Waals surface area contributed by atoms with Crippen molar-refractivity contribution in [1.82, 2.24) is 5.01 Å². The van der Waals surface area contributed by atoms with Crippen molar-refractivity contribution in [3.05, 3.63) is 70.2 Å². The molecular weight excluding hydrogens is 556 g/mol. The van der Waals surface area contributed by atoms with Gasteiger partial charge in [-0.15, -0.1) is 6.58 Å². The number of carbonyl (C=O) groups is 1. The van der Waals surface area contributed by atoms with Crippen molar-refractivity contribution in [2.75, 3.05) is 19.8 Å². The molecular formula is C27H27BrN4O4S. The zero-order chi connectivity index (χ0) is 26.4. The molecule has 0 saturated carbocycles. The third-order valence-corrected chi connectivity index (χ3v) is 7.01. The van der Waals surface area contributed by atoms with Gasteiger partial charge in [0.25, 0.3) is 5.91 Å². The lowest BCUT2D eigenvalue weighted by molar-refractivity contribution is -0.114. The highest BCUT2D eigenvalue weighted by molar-refractivity contribution is 9.10. The predicted molar refractivity (Wildman–Crippen MR) is 152 cm³/mol. The number of nitrogens with zero attached hydrogens (tertiary/aromatic N) is 3. The van der Waals surface area contributed by atoms with Crippen LogP contribution in [-0.4, -0.2) is 46.8 Å². The number of ether oxygens (including phenoxy) is 3. The van der Waals surface area contributed by atoms with Crippen LogP contribution in [-0.2, 0) is 11.2 Å². The maximum atomic E-state index is 12.7. The summed E-state index contributed by atoms with van der Waals surface area (Å²) >= 11 is 4.88. The Morgan fingerprint density at radius 3 is 2.68 bits per heavy atom. The number of thioether (sulfide) groups is 1. The van der Waals surface area contributed by atoms with E-state index < -0.39 is 5.91 Å². The lowest BCUT2D eigenvalue weighted by Gasteiger charge is -2.20. The zero-order valence-corrected chi connectivity index (χ0v) is 23.0. The smallest absolute Gasteiger partial charge is 0.283 e. The van der Waals surface area contributed by atoms with Gasteiger partial charge >= 0.3 is 0 Å². The summed E-state index contributed by atoms with van der Waals surface area (Å²) in [5, 5.41) is 15.5. The quantitative estimate of drug-likeness (QED) is 0.196. The molecule has 2 aliphatic heterocycles. The summed E-state index contributed by atoms with van der Waals surface area (Å²) in [6.07, 6.45) is 4.89. The van der Waals surface area contributed by atoms with Gasteiger partial charge in [-0.05, 0) is 82.9 Å². The second-order valence-electron chi connectivity index (χ2n) is 7.93. The van der Waals surface area contributed by atoms with Crippen molar-refractivity contribution in [3.63, 3.8) is 0 Å². The summed E-state index contributed by atoms with van der Waals surface area (Å²) in [6.45, 7) is 8.72. The molecule has 2 aromatic carbocycles. The third-order valence-electron chi connectivity index (χ3n) is 5.37. The highest BCUT2D eigenvalue weighted by Gasteiger charge is 2.35. The average molecular weight is 584 g/mol. The normalized spacial score (nSPS) is 15.9. The van der Waals surface area contributed by atoms with Gasteiger partial charge in [-0.2, -0.15) is 15.1 Å². The summed E-state index contributed by atoms with van der Waals surface area (Å²) in [5.41, 5.74) is 1.88. The van der Waals surface area contributed by atoms with E-state index in [0.717, 1.165) is 22.8 Å². The van der Waals surface area contributed by atoms with Crippen molar-refractivity contribution < 1.29 is 19.0 Å². The molecule has 4 rings (SSSR count). The highest BCUT2D eigenvalue weighted by Crippen LogP contribution is 2.38. The fraction of sp³-hybridized carbons (Fsp3) is 0.259. The van der Waals surface area contributed by atoms with Crippen LogP contribution in [0.15, 0.2) is 69.2 Å². The maximum absolute atomic E-state index is 12.7. The van der Waals surface area contributed by atoms with Gasteiger partial charge in [0.15, 0.2) is 17.3 Å². The van der Waals surface area contributed by atoms with E-state index in [0.29, 0.717) is 52.9 Å². The van der Waals surface area contributed by atoms with Crippen LogP contribution in [0, 0.1) is 5.41 Å². The standard InChI is InChI=1S/C27H27BrN4O4S/c1-4-9-18-10-7-8-11-21(18)35-12-13-36-24-20(28)15-17(16-22(24)34-6-3)14-19-25(29)32-27(30-26(19)33)37-23(5-2)31-32/h4,7-8,10-11,14-16,29H,1,5-6,9,12-13H2,2-3H3/b19-14+,29-25?. The van der Waals surface area contributed by atoms with E-state index >= 15 is 0 Å². The van der Waals surface area contributed by atoms with Crippen LogP contribution in [0.2, 0.25) is 0 Å². The third kappa shape index (κ3) is 6.14. The predicted octanol–water partition coefficient (Wildman–Crippen LogP) is 6.06. The Bertz CT molecular complexity index is 1320. The molecule has 2 aromatic rings. The van der Waals surface area contributed by atoms with Crippen LogP contribution in [0.1, 0.15) is 31.4 Å². The minimum Gasteiger partial charge on any atom is -0.490 e. The molecule has 0 bridgehead atoms. The number of hydrogen-bond donors (Lipinski definition) is 1. The van der Waals surface area contributed by atoms with Crippen molar-refractivity contribution in [1.29, 1.82) is 5.41 Å². The molecule has 192 valence electrons. The van der Waals surface area contributed by atoms with Gasteiger partial charge in [0, 0.05) is 0 Å². The van der Waals surface area contributed by atoms with Crippen molar-refractivity contribution in [2.45, 2.75) is 26.7 Å². The van der Waals surface area contributed by atoms with Crippen LogP contribution < -0.4 is 14.2 Å². The lowest BCUT2D eigenvalue weighted by atomic mass is 10.1. The van der Waals surface area contributed by atoms with Crippen LogP contribution in [0.3, 0.4) is 0 Å². The van der Waals surface area contributed by atoms with Crippen LogP contribution >= 0.6 is 27.7 Å². The maximum Gasteiger partial charge on any atom is 0.283 e. The number of halogens is 1. The van der Waals surface area contributed by atoms with E-state index in [1.165, 1.54) is 16.8 Å². The molecule has 1 N–H and O–H groups in total. The first-order valence-corrected chi connectivity index (χ1v) is 13.5. The Hall–Kier alpha value is -3.37. The number of nitrogens with one attached hydrogen (secondary N) is 1. The number of benzene rings is 2. The molecule has 0 unspecified atom stereocenters. The van der Waals surface area contributed by atoms with Gasteiger partial charge in [0.2, 0.25) is 5.17 Å². The minimum absolute atomic E-state index is 0.00533. The molecule has 8 nitrogen and oxygen atoms in total. The summed E-state index contributed by atoms with van der Waals surface area (Å²) in [5.74, 6) is 1.37. The molecule has 2 aliphatic rings. The molecule has 0 aliphatic carbocycles. The molecule has 37 heavy (non-hydrogen) atoms. The largest absolute Gasteiger partial charge is 0.490 e. The topological polar surface area (TPSA) is 96.6 Å². The van der Waals surface area contributed by atoms with Crippen LogP contribution in [0.4, 0.5) is 0 Å². The number of amidine groups is 2. The van der Waals surface area contributed by atoms with Crippen molar-refractivity contribution >= 4 is 55.7 Å². The van der Waals surface area contributed by atoms with E-state index in [1.54, 1.807) is 12.1 Å². The number of hydrogen-bond acceptors (Lipinski definition) is 7. The molecule has 2 heterocycles. The number of hydrazone groups is 1. The molecule has 0 radical (unpaired) electrons. The van der Waals surface area contributed by atoms with Gasteiger partial charge in [-0.3, -0.25) is 10.2 Å². The second-order valence-corrected chi connectivity index (χ2v) is 9.82. The Kier molecular flexibility index (Phi) is 8.83. The SMILES string of the molecule is C=CCc1ccccc1OCCOc1c(Br)cc(/C=C2\C(=N)N3N=C(CC)SC3=NC2=O)cc1OCC. The summed E-state index contributed by atoms with van der Waals surface area (Å²) in [6, 6.07) is 11.4. The highest BCUT2D eigenvalue weighted by atomic mass is 79.9. The summed E-state index contributed by atoms with van der Waals surface area (Å²) in [4.78, 5) is 16.8. The van der Waals surface area contributed by atoms with E-state index in [1.807, 2.05) is 50.3 Å². The minimum atomic E-state index is -0.473. The second kappa shape index (κ2) is 12.2. The molecule has 0 aromatic heterocycles. The number of fused-ring (bicyclic) bond motifs is 1. The first-order chi connectivity index (χ1) is 17.9. The van der Waals surface area contributed by atoms with Crippen LogP contribution in [0.5, 0.6) is 17.2 Å². The average Bonchev–Trinajstić information content (AvgIpc) is 3.30. The van der Waals surface area contributed by atoms with Crippen LogP contribution in [0.25, 0.3) is 6.08 Å². The Morgan fingerprint density at radius 1 is 1.14 bits per heavy atom. The van der Waals surface area contributed by atoms with Gasteiger partial charge < -0.3 is 14.2 Å². The zero-order valence-electron chi connectivity index (χ0n) is 20.6. The fourth-order valence-electron chi connectivity index (χ4n) is 3.68. The molecule has 10 heteroatoms. The molecule has 0 atom stereocenters. The van der Waals surface area contributed by atoms with Crippen molar-refractivity contribution in [3.8, 4) is 17.2 Å². The molecule has 0 spiro atoms. The number of para-hydroxylation sites is 1. The Balaban J connectivity index is 1.50.